The first-order valence-corrected chi connectivity index (χ1v) is 7.52. The van der Waals surface area contributed by atoms with Gasteiger partial charge in [-0.3, -0.25) is 0 Å². The Morgan fingerprint density at radius 1 is 1.45 bits per heavy atom. The van der Waals surface area contributed by atoms with Gasteiger partial charge in [0.2, 0.25) is 0 Å². The fourth-order valence-corrected chi connectivity index (χ4v) is 2.87. The zero-order valence-corrected chi connectivity index (χ0v) is 12.7. The number of hydrogen-bond donors (Lipinski definition) is 1. The third-order valence-corrected chi connectivity index (χ3v) is 3.94. The molecule has 0 aliphatic rings. The summed E-state index contributed by atoms with van der Waals surface area (Å²) in [6.07, 6.45) is 5.58. The lowest BCUT2D eigenvalue weighted by atomic mass is 10.4. The first-order valence-electron chi connectivity index (χ1n) is 6.54. The van der Waals surface area contributed by atoms with Crippen molar-refractivity contribution in [2.45, 2.75) is 43.9 Å². The molecule has 0 amide bonds. The summed E-state index contributed by atoms with van der Waals surface area (Å²) < 4.78 is 4.15. The van der Waals surface area contributed by atoms with E-state index < -0.39 is 0 Å². The van der Waals surface area contributed by atoms with E-state index in [0.29, 0.717) is 19.1 Å². The molecule has 0 fully saturated rings. The third kappa shape index (κ3) is 3.10. The Balaban J connectivity index is 2.12. The first-order chi connectivity index (χ1) is 9.67. The molecule has 108 valence electrons. The maximum atomic E-state index is 5.67. The highest BCUT2D eigenvalue weighted by Crippen LogP contribution is 2.23. The van der Waals surface area contributed by atoms with Gasteiger partial charge in [-0.05, 0) is 13.8 Å². The van der Waals surface area contributed by atoms with Crippen LogP contribution < -0.4 is 5.73 Å². The number of hydrogen-bond acceptors (Lipinski definition) is 5. The van der Waals surface area contributed by atoms with Gasteiger partial charge in [-0.25, -0.2) is 4.98 Å². The molecule has 2 aromatic rings. The van der Waals surface area contributed by atoms with E-state index in [-0.39, 0.29) is 0 Å². The van der Waals surface area contributed by atoms with Crippen LogP contribution in [0.25, 0.3) is 0 Å². The van der Waals surface area contributed by atoms with Crippen molar-refractivity contribution in [2.24, 2.45) is 5.73 Å². The normalized spacial score (nSPS) is 11.2. The van der Waals surface area contributed by atoms with Crippen molar-refractivity contribution >= 4 is 11.8 Å². The second-order valence-electron chi connectivity index (χ2n) is 4.68. The molecule has 0 atom stereocenters. The molecule has 0 saturated carbocycles. The van der Waals surface area contributed by atoms with Crippen molar-refractivity contribution in [3.63, 3.8) is 0 Å². The van der Waals surface area contributed by atoms with Crippen molar-refractivity contribution in [1.82, 2.24) is 24.3 Å². The molecule has 0 radical (unpaired) electrons. The van der Waals surface area contributed by atoms with Gasteiger partial charge in [-0.2, -0.15) is 0 Å². The largest absolute Gasteiger partial charge is 0.331 e. The van der Waals surface area contributed by atoms with Crippen LogP contribution in [0.2, 0.25) is 0 Å². The lowest BCUT2D eigenvalue weighted by Gasteiger charge is -2.11. The van der Waals surface area contributed by atoms with Gasteiger partial charge in [0, 0.05) is 30.2 Å². The number of nitrogens with zero attached hydrogens (tertiary/aromatic N) is 5. The predicted molar refractivity (Wildman–Crippen MR) is 80.3 cm³/mol. The van der Waals surface area contributed by atoms with Crippen LogP contribution in [-0.4, -0.2) is 24.3 Å². The van der Waals surface area contributed by atoms with Crippen LogP contribution in [-0.2, 0) is 18.8 Å². The smallest absolute Gasteiger partial charge is 0.191 e. The predicted octanol–water partition coefficient (Wildman–Crippen LogP) is 1.99. The summed E-state index contributed by atoms with van der Waals surface area (Å²) in [7, 11) is 0. The highest BCUT2D eigenvalue weighted by atomic mass is 32.2. The number of aromatic nitrogens is 5. The average Bonchev–Trinajstić information content (AvgIpc) is 3.03. The number of thioether (sulfide) groups is 1. The van der Waals surface area contributed by atoms with Crippen LogP contribution >= 0.6 is 11.8 Å². The fraction of sp³-hybridized carbons (Fsp3) is 0.462. The highest BCUT2D eigenvalue weighted by molar-refractivity contribution is 7.98. The number of nitrogens with two attached hydrogens (primary N) is 1. The third-order valence-electron chi connectivity index (χ3n) is 2.94. The maximum Gasteiger partial charge on any atom is 0.191 e. The van der Waals surface area contributed by atoms with Crippen LogP contribution in [0.1, 0.15) is 31.4 Å². The zero-order chi connectivity index (χ0) is 14.5. The number of imidazole rings is 1. The number of allylic oxidation sites excluding steroid dienone is 1. The van der Waals surface area contributed by atoms with Gasteiger partial charge < -0.3 is 14.9 Å². The summed E-state index contributed by atoms with van der Waals surface area (Å²) in [5.74, 6) is 1.59. The van der Waals surface area contributed by atoms with Crippen LogP contribution in [0.5, 0.6) is 0 Å². The van der Waals surface area contributed by atoms with Gasteiger partial charge >= 0.3 is 0 Å². The Kier molecular flexibility index (Phi) is 4.97. The Morgan fingerprint density at radius 2 is 2.25 bits per heavy atom. The molecule has 0 saturated heterocycles. The van der Waals surface area contributed by atoms with Gasteiger partial charge in [-0.15, -0.1) is 16.8 Å². The van der Waals surface area contributed by atoms with E-state index in [9.17, 15) is 0 Å². The molecular formula is C13H20N6S. The van der Waals surface area contributed by atoms with Crippen molar-refractivity contribution in [1.29, 1.82) is 0 Å². The van der Waals surface area contributed by atoms with Crippen molar-refractivity contribution < 1.29 is 0 Å². The SMILES string of the molecule is C=CCn1c(CN)nnc1SCc1cncn1C(C)C. The van der Waals surface area contributed by atoms with E-state index in [0.717, 1.165) is 16.7 Å². The molecule has 0 unspecified atom stereocenters. The molecule has 0 bridgehead atoms. The Bertz CT molecular complexity index is 571. The summed E-state index contributed by atoms with van der Waals surface area (Å²) in [6, 6.07) is 0.402. The topological polar surface area (TPSA) is 74.6 Å². The van der Waals surface area contributed by atoms with Crippen molar-refractivity contribution in [2.75, 3.05) is 0 Å². The molecule has 0 aliphatic heterocycles. The molecule has 7 heteroatoms. The van der Waals surface area contributed by atoms with Gasteiger partial charge in [0.1, 0.15) is 5.82 Å². The molecule has 2 aromatic heterocycles. The molecular weight excluding hydrogens is 272 g/mol. The molecule has 20 heavy (non-hydrogen) atoms. The van der Waals surface area contributed by atoms with Crippen LogP contribution in [0, 0.1) is 0 Å². The molecule has 2 heterocycles. The van der Waals surface area contributed by atoms with E-state index in [1.54, 1.807) is 11.8 Å². The fourth-order valence-electron chi connectivity index (χ4n) is 1.94. The Hall–Kier alpha value is -1.60. The lowest BCUT2D eigenvalue weighted by Crippen LogP contribution is -2.08. The minimum Gasteiger partial charge on any atom is -0.331 e. The maximum absolute atomic E-state index is 5.67. The molecule has 0 aromatic carbocycles. The summed E-state index contributed by atoms with van der Waals surface area (Å²) in [6.45, 7) is 9.09. The van der Waals surface area contributed by atoms with Gasteiger partial charge in [-0.1, -0.05) is 17.8 Å². The van der Waals surface area contributed by atoms with E-state index in [4.69, 9.17) is 5.73 Å². The van der Waals surface area contributed by atoms with Gasteiger partial charge in [0.15, 0.2) is 5.16 Å². The number of rotatable bonds is 7. The van der Waals surface area contributed by atoms with Crippen LogP contribution in [0.3, 0.4) is 0 Å². The highest BCUT2D eigenvalue weighted by Gasteiger charge is 2.12. The van der Waals surface area contributed by atoms with E-state index in [1.165, 1.54) is 5.69 Å². The summed E-state index contributed by atoms with van der Waals surface area (Å²) in [5.41, 5.74) is 6.84. The molecule has 2 N–H and O–H groups in total. The second-order valence-corrected chi connectivity index (χ2v) is 5.62. The monoisotopic (exact) mass is 292 g/mol. The Labute approximate surface area is 123 Å². The Morgan fingerprint density at radius 3 is 2.90 bits per heavy atom. The summed E-state index contributed by atoms with van der Waals surface area (Å²) >= 11 is 1.64. The molecule has 0 aliphatic carbocycles. The molecule has 0 spiro atoms. The van der Waals surface area contributed by atoms with Crippen LogP contribution in [0.15, 0.2) is 30.3 Å². The summed E-state index contributed by atoms with van der Waals surface area (Å²) in [4.78, 5) is 4.21. The first kappa shape index (κ1) is 14.8. The summed E-state index contributed by atoms with van der Waals surface area (Å²) in [5, 5.41) is 9.17. The standard InChI is InChI=1S/C13H20N6S/c1-4-5-18-12(6-14)16-17-13(18)20-8-11-7-15-9-19(11)10(2)3/h4,7,9-10H,1,5-6,8,14H2,2-3H3. The van der Waals surface area contributed by atoms with Gasteiger partial charge in [0.05, 0.1) is 12.9 Å². The van der Waals surface area contributed by atoms with E-state index in [1.807, 2.05) is 23.2 Å². The van der Waals surface area contributed by atoms with Crippen LogP contribution in [0.4, 0.5) is 0 Å². The van der Waals surface area contributed by atoms with E-state index in [2.05, 4.69) is 40.2 Å². The van der Waals surface area contributed by atoms with Crippen molar-refractivity contribution in [3.05, 3.63) is 36.7 Å². The minimum absolute atomic E-state index is 0.380. The quantitative estimate of drug-likeness (QED) is 0.624. The second kappa shape index (κ2) is 6.71. The zero-order valence-electron chi connectivity index (χ0n) is 11.9. The minimum atomic E-state index is 0.380. The lowest BCUT2D eigenvalue weighted by molar-refractivity contribution is 0.583. The molecule has 2 rings (SSSR count). The van der Waals surface area contributed by atoms with Gasteiger partial charge in [0.25, 0.3) is 0 Å². The average molecular weight is 292 g/mol. The molecule has 6 nitrogen and oxygen atoms in total. The van der Waals surface area contributed by atoms with Crippen molar-refractivity contribution in [3.8, 4) is 0 Å². The van der Waals surface area contributed by atoms with E-state index >= 15 is 0 Å².